The normalized spacial score (nSPS) is 10.0. The molecule has 0 atom stereocenters. The Kier molecular flexibility index (Phi) is 5.76. The average Bonchev–Trinajstić information content (AvgIpc) is 2.66. The van der Waals surface area contributed by atoms with Gasteiger partial charge in [-0.25, -0.2) is 0 Å². The molecule has 0 aliphatic rings. The molecule has 2 aromatic rings. The fourth-order valence-corrected chi connectivity index (χ4v) is 2.31. The van der Waals surface area contributed by atoms with E-state index in [0.717, 1.165) is 12.1 Å². The van der Waals surface area contributed by atoms with Crippen LogP contribution in [0.5, 0.6) is 11.5 Å². The van der Waals surface area contributed by atoms with Crippen LogP contribution in [0, 0.1) is 0 Å². The van der Waals surface area contributed by atoms with Crippen molar-refractivity contribution in [3.05, 3.63) is 58.7 Å². The minimum Gasteiger partial charge on any atom is -0.545 e. The zero-order valence-corrected chi connectivity index (χ0v) is 14.3. The maximum Gasteiger partial charge on any atom is 0.251 e. The number of ether oxygens (including phenoxy) is 1. The number of nitrogens with one attached hydrogen (secondary N) is 2. The number of benzene rings is 2. The molecule has 0 aliphatic carbocycles. The van der Waals surface area contributed by atoms with Crippen LogP contribution in [0.25, 0.3) is 0 Å². The topological polar surface area (TPSA) is 148 Å². The number of rotatable bonds is 6. The van der Waals surface area contributed by atoms with Crippen molar-refractivity contribution in [1.82, 2.24) is 10.6 Å². The molecular formula is C18H14N2O7-2. The van der Waals surface area contributed by atoms with Gasteiger partial charge in [0.15, 0.2) is 0 Å². The monoisotopic (exact) mass is 370 g/mol. The van der Waals surface area contributed by atoms with Crippen LogP contribution in [-0.2, 0) is 0 Å². The molecule has 140 valence electrons. The Morgan fingerprint density at radius 2 is 1.15 bits per heavy atom. The summed E-state index contributed by atoms with van der Waals surface area (Å²) in [6, 6.07) is 7.27. The van der Waals surface area contributed by atoms with Crippen molar-refractivity contribution in [3.8, 4) is 11.5 Å². The van der Waals surface area contributed by atoms with Gasteiger partial charge in [0.05, 0.1) is 17.5 Å². The molecule has 2 aromatic carbocycles. The number of carboxylic acid groups (broad SMARTS) is 2. The summed E-state index contributed by atoms with van der Waals surface area (Å²) in [5.74, 6) is -4.25. The maximum atomic E-state index is 11.9. The summed E-state index contributed by atoms with van der Waals surface area (Å²) in [5.41, 5.74) is -1.00. The van der Waals surface area contributed by atoms with E-state index in [4.69, 9.17) is 4.74 Å². The molecule has 2 rings (SSSR count). The summed E-state index contributed by atoms with van der Waals surface area (Å²) in [4.78, 5) is 46.0. The zero-order chi connectivity index (χ0) is 20.1. The van der Waals surface area contributed by atoms with Gasteiger partial charge in [-0.2, -0.15) is 0 Å². The van der Waals surface area contributed by atoms with Crippen molar-refractivity contribution >= 4 is 23.8 Å². The SMILES string of the molecule is CNC(=O)c1ccc(Oc2ccc(C(=O)[O-])c(C(=O)NC)c2)cc1C(=O)[O-]. The molecule has 0 radical (unpaired) electrons. The van der Waals surface area contributed by atoms with E-state index in [2.05, 4.69) is 10.6 Å². The van der Waals surface area contributed by atoms with Gasteiger partial charge in [-0.1, -0.05) is 0 Å². The Morgan fingerprint density at radius 3 is 1.63 bits per heavy atom. The fourth-order valence-electron chi connectivity index (χ4n) is 2.31. The van der Waals surface area contributed by atoms with Crippen LogP contribution in [0.15, 0.2) is 36.4 Å². The molecule has 9 heteroatoms. The number of carboxylic acids is 2. The standard InChI is InChI=1S/C18H16N2O7/c1-19-15(21)11-5-3-10(8-14(11)18(25)26)27-9-4-6-12(17(23)24)13(7-9)16(22)20-2/h3-8H,1-2H3,(H,19,21)(H,20,22)(H,23,24)(H,25,26)/p-2. The molecule has 0 aromatic heterocycles. The number of hydrogen-bond acceptors (Lipinski definition) is 7. The number of carbonyl (C=O) groups excluding carboxylic acids is 4. The number of hydrogen-bond donors (Lipinski definition) is 2. The minimum absolute atomic E-state index is 0.0471. The Bertz CT molecular complexity index is 937. The second-order valence-electron chi connectivity index (χ2n) is 5.25. The number of aromatic carboxylic acids is 2. The van der Waals surface area contributed by atoms with Crippen LogP contribution >= 0.6 is 0 Å². The lowest BCUT2D eigenvalue weighted by Gasteiger charge is -2.14. The maximum absolute atomic E-state index is 11.9. The summed E-state index contributed by atoms with van der Waals surface area (Å²) < 4.78 is 5.49. The van der Waals surface area contributed by atoms with Crippen LogP contribution in [-0.4, -0.2) is 37.8 Å². The molecule has 0 spiro atoms. The van der Waals surface area contributed by atoms with Crippen molar-refractivity contribution < 1.29 is 34.1 Å². The second-order valence-corrected chi connectivity index (χ2v) is 5.25. The molecule has 9 nitrogen and oxygen atoms in total. The van der Waals surface area contributed by atoms with Gasteiger partial charge < -0.3 is 35.2 Å². The summed E-state index contributed by atoms with van der Waals surface area (Å²) in [6.07, 6.45) is 0. The molecule has 2 N–H and O–H groups in total. The highest BCUT2D eigenvalue weighted by Crippen LogP contribution is 2.26. The summed E-state index contributed by atoms with van der Waals surface area (Å²) in [7, 11) is 2.68. The van der Waals surface area contributed by atoms with Crippen molar-refractivity contribution in [2.75, 3.05) is 14.1 Å². The molecule has 0 fully saturated rings. The van der Waals surface area contributed by atoms with E-state index in [1.54, 1.807) is 0 Å². The third-order valence-corrected chi connectivity index (χ3v) is 3.60. The largest absolute Gasteiger partial charge is 0.545 e. The first-order chi connectivity index (χ1) is 12.8. The van der Waals surface area contributed by atoms with Crippen LogP contribution in [0.1, 0.15) is 41.4 Å². The highest BCUT2D eigenvalue weighted by molar-refractivity contribution is 6.05. The zero-order valence-electron chi connectivity index (χ0n) is 14.3. The van der Waals surface area contributed by atoms with Crippen LogP contribution in [0.3, 0.4) is 0 Å². The molecule has 0 unspecified atom stereocenters. The van der Waals surface area contributed by atoms with Gasteiger partial charge >= 0.3 is 0 Å². The molecule has 0 heterocycles. The van der Waals surface area contributed by atoms with Gasteiger partial charge in [-0.3, -0.25) is 9.59 Å². The lowest BCUT2D eigenvalue weighted by molar-refractivity contribution is -0.256. The second kappa shape index (κ2) is 8.00. The van der Waals surface area contributed by atoms with Crippen molar-refractivity contribution in [1.29, 1.82) is 0 Å². The molecule has 0 bridgehead atoms. The van der Waals surface area contributed by atoms with Gasteiger partial charge in [0.2, 0.25) is 0 Å². The molecule has 2 amide bonds. The Labute approximate surface area is 153 Å². The number of amides is 2. The lowest BCUT2D eigenvalue weighted by atomic mass is 10.1. The van der Waals surface area contributed by atoms with Crippen LogP contribution in [0.4, 0.5) is 0 Å². The van der Waals surface area contributed by atoms with Crippen molar-refractivity contribution in [2.45, 2.75) is 0 Å². The first-order valence-electron chi connectivity index (χ1n) is 7.61. The molecule has 0 aliphatic heterocycles. The van der Waals surface area contributed by atoms with Gasteiger partial charge in [-0.15, -0.1) is 0 Å². The Morgan fingerprint density at radius 1 is 0.704 bits per heavy atom. The van der Waals surface area contributed by atoms with Gasteiger partial charge in [0.25, 0.3) is 11.8 Å². The molecule has 27 heavy (non-hydrogen) atoms. The van der Waals surface area contributed by atoms with E-state index < -0.39 is 23.8 Å². The first-order valence-corrected chi connectivity index (χ1v) is 7.61. The first kappa shape index (κ1) is 19.4. The third-order valence-electron chi connectivity index (χ3n) is 3.60. The van der Waals surface area contributed by atoms with Crippen LogP contribution < -0.4 is 25.6 Å². The van der Waals surface area contributed by atoms with Gasteiger partial charge in [0, 0.05) is 30.8 Å². The van der Waals surface area contributed by atoms with E-state index in [1.807, 2.05) is 0 Å². The Hall–Kier alpha value is -3.88. The minimum atomic E-state index is -1.57. The van der Waals surface area contributed by atoms with Gasteiger partial charge in [-0.05, 0) is 36.4 Å². The predicted octanol–water partition coefficient (Wildman–Crippen LogP) is -1.07. The summed E-state index contributed by atoms with van der Waals surface area (Å²) in [5, 5.41) is 27.0. The van der Waals surface area contributed by atoms with E-state index in [0.29, 0.717) is 0 Å². The van der Waals surface area contributed by atoms with Crippen molar-refractivity contribution in [2.24, 2.45) is 0 Å². The molecular weight excluding hydrogens is 356 g/mol. The predicted molar refractivity (Wildman–Crippen MR) is 88.4 cm³/mol. The van der Waals surface area contributed by atoms with E-state index >= 15 is 0 Å². The Balaban J connectivity index is 2.43. The van der Waals surface area contributed by atoms with E-state index in [-0.39, 0.29) is 33.8 Å². The smallest absolute Gasteiger partial charge is 0.251 e. The van der Waals surface area contributed by atoms with E-state index in [9.17, 15) is 29.4 Å². The molecule has 0 saturated carbocycles. The average molecular weight is 370 g/mol. The third kappa shape index (κ3) is 4.21. The lowest BCUT2D eigenvalue weighted by Crippen LogP contribution is -2.28. The molecule has 0 saturated heterocycles. The highest BCUT2D eigenvalue weighted by Gasteiger charge is 2.15. The van der Waals surface area contributed by atoms with Gasteiger partial charge in [0.1, 0.15) is 11.5 Å². The summed E-state index contributed by atoms with van der Waals surface area (Å²) >= 11 is 0. The fraction of sp³-hybridized carbons (Fsp3) is 0.111. The van der Waals surface area contributed by atoms with E-state index in [1.165, 1.54) is 38.4 Å². The van der Waals surface area contributed by atoms with Crippen LogP contribution in [0.2, 0.25) is 0 Å². The number of carbonyl (C=O) groups is 4. The van der Waals surface area contributed by atoms with Crippen molar-refractivity contribution in [3.63, 3.8) is 0 Å². The summed E-state index contributed by atoms with van der Waals surface area (Å²) in [6.45, 7) is 0. The highest BCUT2D eigenvalue weighted by atomic mass is 16.5. The quantitative estimate of drug-likeness (QED) is 0.657.